The largest absolute Gasteiger partial charge is 0.455 e. The molecule has 0 saturated heterocycles. The van der Waals surface area contributed by atoms with Gasteiger partial charge in [-0.3, -0.25) is 10.1 Å². The maximum absolute atomic E-state index is 11.7. The van der Waals surface area contributed by atoms with Gasteiger partial charge in [0.15, 0.2) is 0 Å². The average Bonchev–Trinajstić information content (AvgIpc) is 2.98. The number of hydrogen-bond donors (Lipinski definition) is 0. The van der Waals surface area contributed by atoms with E-state index in [4.69, 9.17) is 4.74 Å². The summed E-state index contributed by atoms with van der Waals surface area (Å²) in [6.07, 6.45) is 2.46. The molecule has 21 heavy (non-hydrogen) atoms. The first-order chi connectivity index (χ1) is 10.1. The van der Waals surface area contributed by atoms with Crippen LogP contribution in [0.2, 0.25) is 0 Å². The maximum atomic E-state index is 11.7. The smallest absolute Gasteiger partial charge is 0.331 e. The fraction of sp³-hybridized carbons (Fsp3) is 0.133. The van der Waals surface area contributed by atoms with Gasteiger partial charge in [0.25, 0.3) is 5.69 Å². The van der Waals surface area contributed by atoms with Crippen molar-refractivity contribution in [3.8, 4) is 0 Å². The van der Waals surface area contributed by atoms with Crippen LogP contribution in [0.25, 0.3) is 6.08 Å². The minimum atomic E-state index is -0.551. The summed E-state index contributed by atoms with van der Waals surface area (Å²) in [6, 6.07) is 7.94. The Balaban J connectivity index is 2.00. The Kier molecular flexibility index (Phi) is 4.84. The van der Waals surface area contributed by atoms with E-state index in [1.807, 2.05) is 16.8 Å². The first kappa shape index (κ1) is 14.9. The van der Waals surface area contributed by atoms with Gasteiger partial charge in [-0.1, -0.05) is 12.1 Å². The number of non-ortho nitro benzene ring substituents is 1. The second kappa shape index (κ2) is 6.81. The van der Waals surface area contributed by atoms with E-state index in [0.717, 1.165) is 5.56 Å². The van der Waals surface area contributed by atoms with Crippen LogP contribution >= 0.6 is 11.3 Å². The number of hydrogen-bond acceptors (Lipinski definition) is 5. The minimum Gasteiger partial charge on any atom is -0.455 e. The molecule has 2 aromatic rings. The third kappa shape index (κ3) is 4.25. The molecule has 0 spiro atoms. The molecule has 0 bridgehead atoms. The zero-order chi connectivity index (χ0) is 15.2. The highest BCUT2D eigenvalue weighted by atomic mass is 32.1. The van der Waals surface area contributed by atoms with Crippen LogP contribution in [0, 0.1) is 10.1 Å². The number of carbonyl (C=O) groups excluding carboxylic acids is 1. The van der Waals surface area contributed by atoms with Crippen molar-refractivity contribution in [2.75, 3.05) is 0 Å². The van der Waals surface area contributed by atoms with E-state index in [1.54, 1.807) is 25.1 Å². The van der Waals surface area contributed by atoms with Crippen molar-refractivity contribution in [3.05, 3.63) is 68.4 Å². The lowest BCUT2D eigenvalue weighted by Gasteiger charge is -2.11. The Morgan fingerprint density at radius 2 is 2.24 bits per heavy atom. The van der Waals surface area contributed by atoms with Gasteiger partial charge >= 0.3 is 5.97 Å². The van der Waals surface area contributed by atoms with Gasteiger partial charge in [0.2, 0.25) is 0 Å². The molecule has 108 valence electrons. The highest BCUT2D eigenvalue weighted by molar-refractivity contribution is 7.08. The number of ether oxygens (including phenoxy) is 1. The summed E-state index contributed by atoms with van der Waals surface area (Å²) in [4.78, 5) is 21.9. The molecule has 1 aromatic heterocycles. The van der Waals surface area contributed by atoms with Crippen molar-refractivity contribution in [2.24, 2.45) is 0 Å². The summed E-state index contributed by atoms with van der Waals surface area (Å²) in [7, 11) is 0. The lowest BCUT2D eigenvalue weighted by molar-refractivity contribution is -0.385. The number of benzene rings is 1. The number of carbonyl (C=O) groups is 1. The van der Waals surface area contributed by atoms with Crippen molar-refractivity contribution in [3.63, 3.8) is 0 Å². The first-order valence-electron chi connectivity index (χ1n) is 6.21. The van der Waals surface area contributed by atoms with Crippen LogP contribution in [0.4, 0.5) is 5.69 Å². The Morgan fingerprint density at radius 3 is 2.90 bits per heavy atom. The first-order valence-corrected chi connectivity index (χ1v) is 7.16. The number of nitrogens with zero attached hydrogens (tertiary/aromatic N) is 1. The predicted octanol–water partition coefficient (Wildman–Crippen LogP) is 3.97. The molecule has 0 aliphatic rings. The summed E-state index contributed by atoms with van der Waals surface area (Å²) in [5.41, 5.74) is 1.49. The molecule has 0 amide bonds. The van der Waals surface area contributed by atoms with Crippen LogP contribution in [0.15, 0.2) is 47.2 Å². The summed E-state index contributed by atoms with van der Waals surface area (Å²) < 4.78 is 5.22. The zero-order valence-electron chi connectivity index (χ0n) is 11.3. The highest BCUT2D eigenvalue weighted by Crippen LogP contribution is 2.22. The van der Waals surface area contributed by atoms with Crippen LogP contribution in [0.1, 0.15) is 24.2 Å². The number of esters is 1. The van der Waals surface area contributed by atoms with Crippen molar-refractivity contribution >= 4 is 29.1 Å². The van der Waals surface area contributed by atoms with E-state index in [0.29, 0.717) is 5.56 Å². The van der Waals surface area contributed by atoms with Crippen LogP contribution in [0.3, 0.4) is 0 Å². The zero-order valence-corrected chi connectivity index (χ0v) is 12.1. The van der Waals surface area contributed by atoms with Crippen LogP contribution in [0.5, 0.6) is 0 Å². The van der Waals surface area contributed by atoms with E-state index in [-0.39, 0.29) is 5.69 Å². The maximum Gasteiger partial charge on any atom is 0.331 e. The second-order valence-corrected chi connectivity index (χ2v) is 5.10. The van der Waals surface area contributed by atoms with E-state index in [2.05, 4.69) is 0 Å². The number of rotatable bonds is 5. The van der Waals surface area contributed by atoms with Gasteiger partial charge in [-0.15, -0.1) is 0 Å². The second-order valence-electron chi connectivity index (χ2n) is 4.32. The Labute approximate surface area is 125 Å². The third-order valence-electron chi connectivity index (χ3n) is 2.80. The molecule has 0 unspecified atom stereocenters. The fourth-order valence-electron chi connectivity index (χ4n) is 1.71. The molecule has 0 saturated carbocycles. The molecule has 0 fully saturated rings. The van der Waals surface area contributed by atoms with E-state index in [9.17, 15) is 14.9 Å². The molecule has 1 atom stereocenters. The SMILES string of the molecule is C[C@H](OC(=O)/C=C/c1ccsc1)c1cccc([N+](=O)[O-])c1. The van der Waals surface area contributed by atoms with Crippen molar-refractivity contribution in [2.45, 2.75) is 13.0 Å². The van der Waals surface area contributed by atoms with Crippen molar-refractivity contribution in [1.82, 2.24) is 0 Å². The van der Waals surface area contributed by atoms with Gasteiger partial charge in [0, 0.05) is 18.2 Å². The molecule has 2 rings (SSSR count). The van der Waals surface area contributed by atoms with E-state index in [1.165, 1.54) is 29.5 Å². The molecule has 0 aliphatic carbocycles. The fourth-order valence-corrected chi connectivity index (χ4v) is 2.34. The normalized spacial score (nSPS) is 12.2. The van der Waals surface area contributed by atoms with E-state index >= 15 is 0 Å². The molecule has 1 aromatic carbocycles. The van der Waals surface area contributed by atoms with Gasteiger partial charge in [-0.2, -0.15) is 11.3 Å². The van der Waals surface area contributed by atoms with E-state index < -0.39 is 17.0 Å². The molecular weight excluding hydrogens is 290 g/mol. The van der Waals surface area contributed by atoms with Gasteiger partial charge in [0.05, 0.1) is 4.92 Å². The molecule has 0 aliphatic heterocycles. The lowest BCUT2D eigenvalue weighted by atomic mass is 10.1. The topological polar surface area (TPSA) is 69.4 Å². The Hall–Kier alpha value is -2.47. The van der Waals surface area contributed by atoms with Crippen LogP contribution in [-0.2, 0) is 9.53 Å². The molecule has 5 nitrogen and oxygen atoms in total. The number of nitro benzene ring substituents is 1. The van der Waals surface area contributed by atoms with Gasteiger partial charge in [0.1, 0.15) is 6.10 Å². The average molecular weight is 303 g/mol. The minimum absolute atomic E-state index is 0.0239. The lowest BCUT2D eigenvalue weighted by Crippen LogP contribution is -2.06. The number of nitro groups is 1. The molecule has 0 radical (unpaired) electrons. The van der Waals surface area contributed by atoms with Crippen LogP contribution < -0.4 is 0 Å². The third-order valence-corrected chi connectivity index (χ3v) is 3.50. The number of thiophene rings is 1. The quantitative estimate of drug-likeness (QED) is 0.362. The van der Waals surface area contributed by atoms with Gasteiger partial charge in [-0.25, -0.2) is 4.79 Å². The monoisotopic (exact) mass is 303 g/mol. The summed E-state index contributed by atoms with van der Waals surface area (Å²) in [6.45, 7) is 1.68. The summed E-state index contributed by atoms with van der Waals surface area (Å²) in [5.74, 6) is -0.486. The molecule has 6 heteroatoms. The van der Waals surface area contributed by atoms with Gasteiger partial charge < -0.3 is 4.74 Å². The highest BCUT2D eigenvalue weighted by Gasteiger charge is 2.13. The van der Waals surface area contributed by atoms with Crippen molar-refractivity contribution < 1.29 is 14.5 Å². The Morgan fingerprint density at radius 1 is 1.43 bits per heavy atom. The predicted molar refractivity (Wildman–Crippen MR) is 81.0 cm³/mol. The van der Waals surface area contributed by atoms with Crippen LogP contribution in [-0.4, -0.2) is 10.9 Å². The summed E-state index contributed by atoms with van der Waals surface area (Å²) in [5, 5.41) is 14.5. The molecular formula is C15H13NO4S. The molecule has 1 heterocycles. The van der Waals surface area contributed by atoms with Gasteiger partial charge in [-0.05, 0) is 41.0 Å². The summed E-state index contributed by atoms with van der Waals surface area (Å²) >= 11 is 1.54. The standard InChI is InChI=1S/C15H13NO4S/c1-11(13-3-2-4-14(9-13)16(18)19)20-15(17)6-5-12-7-8-21-10-12/h2-11H,1H3/b6-5+/t11-/m0/s1. The molecule has 0 N–H and O–H groups in total. The Bertz CT molecular complexity index is 664. The van der Waals surface area contributed by atoms with Crippen molar-refractivity contribution in [1.29, 1.82) is 0 Å².